The van der Waals surface area contributed by atoms with Gasteiger partial charge in [-0.1, -0.05) is 0 Å². The van der Waals surface area contributed by atoms with E-state index in [0.717, 1.165) is 31.1 Å². The number of thioether (sulfide) groups is 1. The third kappa shape index (κ3) is 3.36. The number of piperazine rings is 1. The van der Waals surface area contributed by atoms with E-state index in [9.17, 15) is 4.79 Å². The van der Waals surface area contributed by atoms with E-state index in [4.69, 9.17) is 5.73 Å². The average Bonchev–Trinajstić information content (AvgIpc) is 2.41. The largest absolute Gasteiger partial charge is 0.384 e. The highest BCUT2D eigenvalue weighted by Gasteiger charge is 2.22. The van der Waals surface area contributed by atoms with Crippen LogP contribution in [0.2, 0.25) is 0 Å². The van der Waals surface area contributed by atoms with Crippen LogP contribution >= 0.6 is 11.8 Å². The van der Waals surface area contributed by atoms with E-state index in [1.165, 1.54) is 11.8 Å². The fraction of sp³-hybridized carbons (Fsp3) is 0.500. The Morgan fingerprint density at radius 2 is 2.22 bits per heavy atom. The molecule has 98 valence electrons. The first-order valence-electron chi connectivity index (χ1n) is 6.04. The fourth-order valence-electron chi connectivity index (χ4n) is 1.86. The van der Waals surface area contributed by atoms with Gasteiger partial charge in [0.1, 0.15) is 5.82 Å². The van der Waals surface area contributed by atoms with Crippen molar-refractivity contribution in [2.45, 2.75) is 17.1 Å². The number of nitrogens with one attached hydrogen (secondary N) is 1. The van der Waals surface area contributed by atoms with Crippen molar-refractivity contribution in [3.63, 3.8) is 0 Å². The van der Waals surface area contributed by atoms with Crippen LogP contribution in [0.4, 0.5) is 5.82 Å². The van der Waals surface area contributed by atoms with Crippen molar-refractivity contribution in [1.82, 2.24) is 15.2 Å². The van der Waals surface area contributed by atoms with Crippen LogP contribution in [-0.4, -0.2) is 47.2 Å². The Morgan fingerprint density at radius 1 is 1.50 bits per heavy atom. The van der Waals surface area contributed by atoms with Crippen LogP contribution in [-0.2, 0) is 4.79 Å². The van der Waals surface area contributed by atoms with Gasteiger partial charge in [0.05, 0.1) is 5.25 Å². The first-order valence-corrected chi connectivity index (χ1v) is 6.92. The van der Waals surface area contributed by atoms with E-state index in [2.05, 4.69) is 10.3 Å². The Hall–Kier alpha value is -1.27. The molecule has 2 rings (SSSR count). The van der Waals surface area contributed by atoms with Crippen LogP contribution in [0.15, 0.2) is 23.2 Å². The molecule has 0 aromatic carbocycles. The summed E-state index contributed by atoms with van der Waals surface area (Å²) in [5.41, 5.74) is 5.53. The van der Waals surface area contributed by atoms with Gasteiger partial charge in [-0.25, -0.2) is 4.98 Å². The van der Waals surface area contributed by atoms with Gasteiger partial charge < -0.3 is 16.0 Å². The highest BCUT2D eigenvalue weighted by Crippen LogP contribution is 2.24. The number of hydrogen-bond acceptors (Lipinski definition) is 5. The molecule has 0 radical (unpaired) electrons. The molecule has 0 bridgehead atoms. The van der Waals surface area contributed by atoms with Crippen LogP contribution in [0, 0.1) is 0 Å². The summed E-state index contributed by atoms with van der Waals surface area (Å²) in [5, 5.41) is 3.15. The van der Waals surface area contributed by atoms with Crippen LogP contribution in [0.25, 0.3) is 0 Å². The lowest BCUT2D eigenvalue weighted by Crippen LogP contribution is -2.48. The number of amides is 1. The molecule has 0 spiro atoms. The second kappa shape index (κ2) is 6.06. The van der Waals surface area contributed by atoms with Gasteiger partial charge in [-0.3, -0.25) is 4.79 Å². The highest BCUT2D eigenvalue weighted by atomic mass is 32.2. The number of rotatable bonds is 3. The lowest BCUT2D eigenvalue weighted by molar-refractivity contribution is -0.130. The van der Waals surface area contributed by atoms with Gasteiger partial charge in [-0.15, -0.1) is 11.8 Å². The molecule has 1 aliphatic rings. The van der Waals surface area contributed by atoms with Crippen molar-refractivity contribution in [2.75, 3.05) is 31.9 Å². The molecular weight excluding hydrogens is 248 g/mol. The topological polar surface area (TPSA) is 71.2 Å². The number of anilines is 1. The number of pyridine rings is 1. The number of nitrogens with two attached hydrogens (primary N) is 1. The number of hydrogen-bond donors (Lipinski definition) is 2. The number of aromatic nitrogens is 1. The van der Waals surface area contributed by atoms with Crippen LogP contribution < -0.4 is 11.1 Å². The molecule has 18 heavy (non-hydrogen) atoms. The molecule has 1 aromatic rings. The Bertz CT molecular complexity index is 403. The molecule has 3 N–H and O–H groups in total. The second-order valence-electron chi connectivity index (χ2n) is 4.25. The third-order valence-corrected chi connectivity index (χ3v) is 3.92. The monoisotopic (exact) mass is 266 g/mol. The maximum Gasteiger partial charge on any atom is 0.235 e. The Kier molecular flexibility index (Phi) is 4.43. The van der Waals surface area contributed by atoms with Gasteiger partial charge in [0.25, 0.3) is 0 Å². The normalized spacial score (nSPS) is 17.5. The van der Waals surface area contributed by atoms with Crippen molar-refractivity contribution >= 4 is 23.5 Å². The van der Waals surface area contributed by atoms with Crippen LogP contribution in [0.3, 0.4) is 0 Å². The summed E-state index contributed by atoms with van der Waals surface area (Å²) in [6.45, 7) is 5.29. The maximum atomic E-state index is 12.2. The van der Waals surface area contributed by atoms with E-state index < -0.39 is 0 Å². The van der Waals surface area contributed by atoms with Gasteiger partial charge >= 0.3 is 0 Å². The lowest BCUT2D eigenvalue weighted by Gasteiger charge is -2.29. The smallest absolute Gasteiger partial charge is 0.235 e. The van der Waals surface area contributed by atoms with Crippen molar-refractivity contribution in [3.8, 4) is 0 Å². The Balaban J connectivity index is 1.92. The zero-order chi connectivity index (χ0) is 13.0. The molecule has 5 nitrogen and oxygen atoms in total. The molecule has 1 unspecified atom stereocenters. The number of carbonyl (C=O) groups is 1. The molecule has 1 fully saturated rings. The van der Waals surface area contributed by atoms with E-state index in [1.807, 2.05) is 17.9 Å². The molecule has 1 saturated heterocycles. The zero-order valence-electron chi connectivity index (χ0n) is 10.4. The maximum absolute atomic E-state index is 12.2. The first-order chi connectivity index (χ1) is 8.66. The average molecular weight is 266 g/mol. The number of nitrogen functional groups attached to an aromatic ring is 1. The molecule has 1 aliphatic heterocycles. The quantitative estimate of drug-likeness (QED) is 0.783. The molecule has 2 heterocycles. The lowest BCUT2D eigenvalue weighted by atomic mass is 10.3. The summed E-state index contributed by atoms with van der Waals surface area (Å²) in [5.74, 6) is 0.693. The molecular formula is C12H18N4OS. The van der Waals surface area contributed by atoms with Crippen LogP contribution in [0.5, 0.6) is 0 Å². The second-order valence-corrected chi connectivity index (χ2v) is 5.67. The standard InChI is InChI=1S/C12H18N4OS/c1-9(12(17)16-6-4-14-5-7-16)18-10-2-3-11(13)15-8-10/h2-3,8-9,14H,4-7H2,1H3,(H2,13,15). The molecule has 1 aromatic heterocycles. The van der Waals surface area contributed by atoms with E-state index in [-0.39, 0.29) is 11.2 Å². The molecule has 1 amide bonds. The summed E-state index contributed by atoms with van der Waals surface area (Å²) < 4.78 is 0. The summed E-state index contributed by atoms with van der Waals surface area (Å²) in [7, 11) is 0. The van der Waals surface area contributed by atoms with Crippen molar-refractivity contribution in [1.29, 1.82) is 0 Å². The van der Waals surface area contributed by atoms with Gasteiger partial charge in [0.2, 0.25) is 5.91 Å². The van der Waals surface area contributed by atoms with E-state index in [0.29, 0.717) is 5.82 Å². The highest BCUT2D eigenvalue weighted by molar-refractivity contribution is 8.00. The predicted octanol–water partition coefficient (Wildman–Crippen LogP) is 0.576. The molecule has 6 heteroatoms. The minimum Gasteiger partial charge on any atom is -0.384 e. The Labute approximate surface area is 111 Å². The molecule has 1 atom stereocenters. The fourth-order valence-corrected chi connectivity index (χ4v) is 2.78. The van der Waals surface area contributed by atoms with Gasteiger partial charge in [-0.2, -0.15) is 0 Å². The van der Waals surface area contributed by atoms with Crippen molar-refractivity contribution in [2.24, 2.45) is 0 Å². The summed E-state index contributed by atoms with van der Waals surface area (Å²) in [6.07, 6.45) is 1.71. The molecule has 0 saturated carbocycles. The summed E-state index contributed by atoms with van der Waals surface area (Å²) in [4.78, 5) is 19.1. The van der Waals surface area contributed by atoms with Gasteiger partial charge in [-0.05, 0) is 19.1 Å². The minimum absolute atomic E-state index is 0.0893. The van der Waals surface area contributed by atoms with Crippen molar-refractivity contribution < 1.29 is 4.79 Å². The van der Waals surface area contributed by atoms with E-state index >= 15 is 0 Å². The predicted molar refractivity (Wildman–Crippen MR) is 73.4 cm³/mol. The summed E-state index contributed by atoms with van der Waals surface area (Å²) >= 11 is 1.52. The minimum atomic E-state index is -0.0893. The Morgan fingerprint density at radius 3 is 2.83 bits per heavy atom. The third-order valence-electron chi connectivity index (χ3n) is 2.85. The van der Waals surface area contributed by atoms with Gasteiger partial charge in [0, 0.05) is 37.3 Å². The van der Waals surface area contributed by atoms with Gasteiger partial charge in [0.15, 0.2) is 0 Å². The molecule has 0 aliphatic carbocycles. The number of nitrogens with zero attached hydrogens (tertiary/aromatic N) is 2. The zero-order valence-corrected chi connectivity index (χ0v) is 11.2. The van der Waals surface area contributed by atoms with Crippen molar-refractivity contribution in [3.05, 3.63) is 18.3 Å². The SMILES string of the molecule is CC(Sc1ccc(N)nc1)C(=O)N1CCNCC1. The summed E-state index contributed by atoms with van der Waals surface area (Å²) in [6, 6.07) is 3.65. The first kappa shape index (κ1) is 13.2. The van der Waals surface area contributed by atoms with E-state index in [1.54, 1.807) is 12.3 Å². The number of carbonyl (C=O) groups excluding carboxylic acids is 1. The van der Waals surface area contributed by atoms with Crippen LogP contribution in [0.1, 0.15) is 6.92 Å².